The Kier molecular flexibility index (Phi) is 5.00. The van der Waals surface area contributed by atoms with Gasteiger partial charge >= 0.3 is 0 Å². The zero-order valence-corrected chi connectivity index (χ0v) is 9.86. The van der Waals surface area contributed by atoms with E-state index in [1.807, 2.05) is 31.2 Å². The molecule has 0 aliphatic heterocycles. The second kappa shape index (κ2) is 6.31. The Hall–Kier alpha value is -1.20. The van der Waals surface area contributed by atoms with Crippen LogP contribution in [0.4, 0.5) is 0 Å². The molecule has 1 rings (SSSR count). The summed E-state index contributed by atoms with van der Waals surface area (Å²) >= 11 is 1.77. The van der Waals surface area contributed by atoms with Gasteiger partial charge in [0.25, 0.3) is 0 Å². The van der Waals surface area contributed by atoms with Gasteiger partial charge in [0, 0.05) is 22.6 Å². The number of thioether (sulfide) groups is 1. The van der Waals surface area contributed by atoms with Crippen LogP contribution in [0.2, 0.25) is 0 Å². The number of carbonyl (C=O) groups excluding carboxylic acids is 1. The van der Waals surface area contributed by atoms with E-state index < -0.39 is 0 Å². The summed E-state index contributed by atoms with van der Waals surface area (Å²) in [6.07, 6.45) is 0.912. The number of hydrogen-bond donors (Lipinski definition) is 0. The minimum absolute atomic E-state index is 0.114. The van der Waals surface area contributed by atoms with Crippen LogP contribution in [0.15, 0.2) is 29.2 Å². The van der Waals surface area contributed by atoms with E-state index in [0.717, 1.165) is 17.7 Å². The van der Waals surface area contributed by atoms with Gasteiger partial charge in [-0.2, -0.15) is 0 Å². The van der Waals surface area contributed by atoms with E-state index in [1.54, 1.807) is 18.7 Å². The minimum atomic E-state index is 0.114. The lowest BCUT2D eigenvalue weighted by atomic mass is 10.2. The van der Waals surface area contributed by atoms with Crippen molar-refractivity contribution >= 4 is 17.5 Å². The predicted octanol–water partition coefficient (Wildman–Crippen LogP) is 3.39. The summed E-state index contributed by atoms with van der Waals surface area (Å²) in [7, 11) is 0. The second-order valence-corrected chi connectivity index (χ2v) is 4.27. The SMILES string of the molecule is CC#CCCSc1ccc(C(C)=O)cc1. The lowest BCUT2D eigenvalue weighted by Crippen LogP contribution is -1.90. The fraction of sp³-hybridized carbons (Fsp3) is 0.308. The number of benzene rings is 1. The number of Topliss-reactive ketones (excluding diaryl/α,β-unsaturated/α-hetero) is 1. The molecule has 0 aliphatic rings. The van der Waals surface area contributed by atoms with Crippen molar-refractivity contribution in [3.63, 3.8) is 0 Å². The normalized spacial score (nSPS) is 9.20. The molecule has 0 saturated heterocycles. The Morgan fingerprint density at radius 1 is 1.33 bits per heavy atom. The molecular formula is C13H14OS. The van der Waals surface area contributed by atoms with Gasteiger partial charge in [0.1, 0.15) is 0 Å². The minimum Gasteiger partial charge on any atom is -0.295 e. The van der Waals surface area contributed by atoms with Gasteiger partial charge in [0.05, 0.1) is 0 Å². The van der Waals surface area contributed by atoms with Crippen LogP contribution in [-0.4, -0.2) is 11.5 Å². The molecule has 0 aliphatic carbocycles. The molecule has 78 valence electrons. The second-order valence-electron chi connectivity index (χ2n) is 3.11. The Balaban J connectivity index is 2.48. The van der Waals surface area contributed by atoms with E-state index in [1.165, 1.54) is 4.90 Å². The Labute approximate surface area is 95.3 Å². The van der Waals surface area contributed by atoms with Gasteiger partial charge in [-0.3, -0.25) is 4.79 Å². The molecule has 0 bridgehead atoms. The van der Waals surface area contributed by atoms with E-state index in [9.17, 15) is 4.79 Å². The van der Waals surface area contributed by atoms with E-state index >= 15 is 0 Å². The van der Waals surface area contributed by atoms with Crippen molar-refractivity contribution < 1.29 is 4.79 Å². The van der Waals surface area contributed by atoms with Gasteiger partial charge in [-0.25, -0.2) is 0 Å². The van der Waals surface area contributed by atoms with Gasteiger partial charge in [0.2, 0.25) is 0 Å². The summed E-state index contributed by atoms with van der Waals surface area (Å²) < 4.78 is 0. The number of hydrogen-bond acceptors (Lipinski definition) is 2. The predicted molar refractivity (Wildman–Crippen MR) is 65.2 cm³/mol. The third-order valence-electron chi connectivity index (χ3n) is 1.93. The first-order chi connectivity index (χ1) is 7.24. The highest BCUT2D eigenvalue weighted by atomic mass is 32.2. The number of carbonyl (C=O) groups is 1. The molecule has 0 heterocycles. The lowest BCUT2D eigenvalue weighted by molar-refractivity contribution is 0.101. The third kappa shape index (κ3) is 4.22. The molecule has 0 spiro atoms. The molecule has 15 heavy (non-hydrogen) atoms. The molecule has 0 radical (unpaired) electrons. The first-order valence-electron chi connectivity index (χ1n) is 4.87. The Morgan fingerprint density at radius 2 is 2.00 bits per heavy atom. The summed E-state index contributed by atoms with van der Waals surface area (Å²) in [5, 5.41) is 0. The fourth-order valence-electron chi connectivity index (χ4n) is 1.13. The summed E-state index contributed by atoms with van der Waals surface area (Å²) in [6, 6.07) is 7.72. The molecule has 0 N–H and O–H groups in total. The summed E-state index contributed by atoms with van der Waals surface area (Å²) in [4.78, 5) is 12.2. The molecule has 1 aromatic carbocycles. The smallest absolute Gasteiger partial charge is 0.159 e. The standard InChI is InChI=1S/C13H14OS/c1-3-4-5-10-15-13-8-6-12(7-9-13)11(2)14/h6-9H,5,10H2,1-2H3. The van der Waals surface area contributed by atoms with Gasteiger partial charge in [-0.15, -0.1) is 23.6 Å². The van der Waals surface area contributed by atoms with Crippen LogP contribution in [0.1, 0.15) is 30.6 Å². The molecule has 0 unspecified atom stereocenters. The molecule has 0 atom stereocenters. The molecule has 0 amide bonds. The summed E-state index contributed by atoms with van der Waals surface area (Å²) in [5.41, 5.74) is 0.771. The summed E-state index contributed by atoms with van der Waals surface area (Å²) in [6.45, 7) is 3.44. The molecule has 1 nitrogen and oxygen atoms in total. The van der Waals surface area contributed by atoms with E-state index in [4.69, 9.17) is 0 Å². The summed E-state index contributed by atoms with van der Waals surface area (Å²) in [5.74, 6) is 7.01. The Bertz CT molecular complexity index is 381. The van der Waals surface area contributed by atoms with Crippen molar-refractivity contribution in [2.45, 2.75) is 25.2 Å². The maximum absolute atomic E-state index is 11.0. The van der Waals surface area contributed by atoms with Crippen molar-refractivity contribution in [2.75, 3.05) is 5.75 Å². The highest BCUT2D eigenvalue weighted by Gasteiger charge is 1.98. The quantitative estimate of drug-likeness (QED) is 0.333. The van der Waals surface area contributed by atoms with Crippen molar-refractivity contribution in [3.8, 4) is 11.8 Å². The van der Waals surface area contributed by atoms with Crippen LogP contribution in [0.25, 0.3) is 0 Å². The van der Waals surface area contributed by atoms with Crippen LogP contribution in [0.3, 0.4) is 0 Å². The molecule has 0 fully saturated rings. The van der Waals surface area contributed by atoms with Crippen molar-refractivity contribution in [2.24, 2.45) is 0 Å². The average Bonchev–Trinajstić information content (AvgIpc) is 2.25. The van der Waals surface area contributed by atoms with Gasteiger partial charge < -0.3 is 0 Å². The van der Waals surface area contributed by atoms with Crippen LogP contribution < -0.4 is 0 Å². The van der Waals surface area contributed by atoms with Crippen LogP contribution in [0, 0.1) is 11.8 Å². The number of rotatable bonds is 4. The first-order valence-corrected chi connectivity index (χ1v) is 5.86. The van der Waals surface area contributed by atoms with E-state index in [-0.39, 0.29) is 5.78 Å². The largest absolute Gasteiger partial charge is 0.295 e. The van der Waals surface area contributed by atoms with E-state index in [0.29, 0.717) is 0 Å². The molecule has 0 aromatic heterocycles. The molecule has 0 saturated carbocycles. The highest BCUT2D eigenvalue weighted by molar-refractivity contribution is 7.99. The zero-order valence-electron chi connectivity index (χ0n) is 9.04. The third-order valence-corrected chi connectivity index (χ3v) is 2.95. The molecule has 1 aromatic rings. The van der Waals surface area contributed by atoms with Crippen LogP contribution in [-0.2, 0) is 0 Å². The van der Waals surface area contributed by atoms with Crippen molar-refractivity contribution in [1.82, 2.24) is 0 Å². The van der Waals surface area contributed by atoms with Gasteiger partial charge in [-0.05, 0) is 26.0 Å². The van der Waals surface area contributed by atoms with E-state index in [2.05, 4.69) is 11.8 Å². The Morgan fingerprint density at radius 3 is 2.53 bits per heavy atom. The maximum atomic E-state index is 11.0. The topological polar surface area (TPSA) is 17.1 Å². The fourth-order valence-corrected chi connectivity index (χ4v) is 1.90. The van der Waals surface area contributed by atoms with Crippen molar-refractivity contribution in [1.29, 1.82) is 0 Å². The van der Waals surface area contributed by atoms with Crippen LogP contribution in [0.5, 0.6) is 0 Å². The molecule has 2 heteroatoms. The highest BCUT2D eigenvalue weighted by Crippen LogP contribution is 2.19. The van der Waals surface area contributed by atoms with Gasteiger partial charge in [0.15, 0.2) is 5.78 Å². The molecular weight excluding hydrogens is 204 g/mol. The maximum Gasteiger partial charge on any atom is 0.159 e. The van der Waals surface area contributed by atoms with Gasteiger partial charge in [-0.1, -0.05) is 12.1 Å². The number of ketones is 1. The lowest BCUT2D eigenvalue weighted by Gasteiger charge is -2.00. The first kappa shape index (κ1) is 11.9. The van der Waals surface area contributed by atoms with Crippen molar-refractivity contribution in [3.05, 3.63) is 29.8 Å². The monoisotopic (exact) mass is 218 g/mol. The average molecular weight is 218 g/mol. The zero-order chi connectivity index (χ0) is 11.1. The van der Waals surface area contributed by atoms with Crippen LogP contribution >= 0.6 is 11.8 Å².